The Bertz CT molecular complexity index is 357. The molecule has 0 aromatic carbocycles. The maximum atomic E-state index is 12.4. The molecule has 1 aliphatic rings. The van der Waals surface area contributed by atoms with Crippen molar-refractivity contribution in [2.45, 2.75) is 53.9 Å². The summed E-state index contributed by atoms with van der Waals surface area (Å²) in [5.41, 5.74) is 0. The van der Waals surface area contributed by atoms with Gasteiger partial charge in [-0.2, -0.15) is 0 Å². The fourth-order valence-electron chi connectivity index (χ4n) is 3.63. The molecule has 1 fully saturated rings. The van der Waals surface area contributed by atoms with Crippen LogP contribution in [0.15, 0.2) is 0 Å². The van der Waals surface area contributed by atoms with Crippen LogP contribution in [0, 0.1) is 35.5 Å². The summed E-state index contributed by atoms with van der Waals surface area (Å²) in [7, 11) is 0. The molecule has 1 aliphatic carbocycles. The maximum absolute atomic E-state index is 12.4. The molecule has 4 heteroatoms. The van der Waals surface area contributed by atoms with Crippen LogP contribution in [0.25, 0.3) is 0 Å². The minimum atomic E-state index is -0.824. The molecule has 1 amide bonds. The van der Waals surface area contributed by atoms with E-state index in [1.54, 1.807) is 0 Å². The number of carbonyl (C=O) groups excluding carboxylic acids is 1. The first kappa shape index (κ1) is 18.0. The maximum Gasteiger partial charge on any atom is 0.307 e. The van der Waals surface area contributed by atoms with Crippen LogP contribution in [-0.2, 0) is 9.59 Å². The van der Waals surface area contributed by atoms with Crippen LogP contribution in [0.1, 0.15) is 53.9 Å². The van der Waals surface area contributed by atoms with E-state index in [1.807, 2.05) is 0 Å². The van der Waals surface area contributed by atoms with Crippen LogP contribution in [0.4, 0.5) is 0 Å². The van der Waals surface area contributed by atoms with Gasteiger partial charge in [-0.3, -0.25) is 9.59 Å². The summed E-state index contributed by atoms with van der Waals surface area (Å²) in [6, 6.07) is 0. The number of amides is 1. The van der Waals surface area contributed by atoms with Gasteiger partial charge in [-0.15, -0.1) is 0 Å². The van der Waals surface area contributed by atoms with Crippen molar-refractivity contribution in [2.24, 2.45) is 35.5 Å². The van der Waals surface area contributed by atoms with Crippen molar-refractivity contribution in [2.75, 3.05) is 6.54 Å². The predicted molar refractivity (Wildman–Crippen MR) is 83.8 cm³/mol. The largest absolute Gasteiger partial charge is 0.481 e. The molecule has 21 heavy (non-hydrogen) atoms. The van der Waals surface area contributed by atoms with Crippen molar-refractivity contribution in [1.29, 1.82) is 0 Å². The number of rotatable bonds is 7. The lowest BCUT2D eigenvalue weighted by molar-refractivity contribution is -0.146. The summed E-state index contributed by atoms with van der Waals surface area (Å²) in [6.45, 7) is 11.4. The number of hydrogen-bond donors (Lipinski definition) is 2. The second-order valence-corrected chi connectivity index (χ2v) is 7.19. The highest BCUT2D eigenvalue weighted by molar-refractivity contribution is 5.85. The highest BCUT2D eigenvalue weighted by Gasteiger charge is 2.42. The number of carboxylic acid groups (broad SMARTS) is 1. The van der Waals surface area contributed by atoms with Crippen molar-refractivity contribution < 1.29 is 14.7 Å². The summed E-state index contributed by atoms with van der Waals surface area (Å²) in [4.78, 5) is 23.7. The summed E-state index contributed by atoms with van der Waals surface area (Å²) < 4.78 is 0. The van der Waals surface area contributed by atoms with Gasteiger partial charge in [0.2, 0.25) is 5.91 Å². The average molecular weight is 297 g/mol. The number of aliphatic carboxylic acids is 1. The third-order valence-electron chi connectivity index (χ3n) is 5.12. The number of carboxylic acids is 1. The van der Waals surface area contributed by atoms with E-state index in [0.29, 0.717) is 43.1 Å². The lowest BCUT2D eigenvalue weighted by atomic mass is 9.85. The van der Waals surface area contributed by atoms with Crippen LogP contribution in [0.5, 0.6) is 0 Å². The average Bonchev–Trinajstić information content (AvgIpc) is 2.82. The minimum Gasteiger partial charge on any atom is -0.481 e. The molecule has 2 N–H and O–H groups in total. The first-order valence-corrected chi connectivity index (χ1v) is 8.28. The van der Waals surface area contributed by atoms with Crippen LogP contribution in [0.2, 0.25) is 0 Å². The minimum absolute atomic E-state index is 0.0651. The van der Waals surface area contributed by atoms with E-state index in [2.05, 4.69) is 39.9 Å². The van der Waals surface area contributed by atoms with Crippen LogP contribution >= 0.6 is 0 Å². The molecule has 0 saturated heterocycles. The first-order chi connectivity index (χ1) is 9.77. The second kappa shape index (κ2) is 7.81. The monoisotopic (exact) mass is 297 g/mol. The van der Waals surface area contributed by atoms with Crippen molar-refractivity contribution in [3.63, 3.8) is 0 Å². The highest BCUT2D eigenvalue weighted by Crippen LogP contribution is 2.38. The molecular weight excluding hydrogens is 266 g/mol. The van der Waals surface area contributed by atoms with Crippen molar-refractivity contribution in [1.82, 2.24) is 5.32 Å². The molecule has 1 unspecified atom stereocenters. The van der Waals surface area contributed by atoms with E-state index in [4.69, 9.17) is 0 Å². The predicted octanol–water partition coefficient (Wildman–Crippen LogP) is 3.17. The molecular formula is C17H31NO3. The lowest BCUT2D eigenvalue weighted by Gasteiger charge is -2.26. The Morgan fingerprint density at radius 1 is 1.10 bits per heavy atom. The second-order valence-electron chi connectivity index (χ2n) is 7.19. The normalized spacial score (nSPS) is 25.8. The van der Waals surface area contributed by atoms with Gasteiger partial charge >= 0.3 is 5.97 Å². The fourth-order valence-corrected chi connectivity index (χ4v) is 3.63. The van der Waals surface area contributed by atoms with Crippen molar-refractivity contribution in [3.05, 3.63) is 0 Å². The molecule has 0 spiro atoms. The Labute approximate surface area is 128 Å². The van der Waals surface area contributed by atoms with Crippen LogP contribution in [0.3, 0.4) is 0 Å². The SMILES string of the molecule is CCC1C[C@H](C(=O)NCC(C(C)C)C(C)C)[C@H](C(=O)O)C1. The molecule has 0 aliphatic heterocycles. The van der Waals surface area contributed by atoms with Gasteiger partial charge in [-0.05, 0) is 36.5 Å². The van der Waals surface area contributed by atoms with E-state index in [0.717, 1.165) is 6.42 Å². The van der Waals surface area contributed by atoms with E-state index in [9.17, 15) is 14.7 Å². The molecule has 122 valence electrons. The standard InChI is InChI=1S/C17H31NO3/c1-6-12-7-13(14(8-12)17(20)21)16(19)18-9-15(10(2)3)11(4)5/h10-15H,6-9H2,1-5H3,(H,18,19)(H,20,21)/t12?,13-,14+/m0/s1. The smallest absolute Gasteiger partial charge is 0.307 e. The zero-order chi connectivity index (χ0) is 16.2. The van der Waals surface area contributed by atoms with Crippen LogP contribution in [-0.4, -0.2) is 23.5 Å². The molecule has 1 saturated carbocycles. The number of nitrogens with one attached hydrogen (secondary N) is 1. The first-order valence-electron chi connectivity index (χ1n) is 8.28. The molecule has 4 nitrogen and oxygen atoms in total. The Balaban J connectivity index is 2.63. The summed E-state index contributed by atoms with van der Waals surface area (Å²) in [6.07, 6.45) is 2.31. The highest BCUT2D eigenvalue weighted by atomic mass is 16.4. The molecule has 3 atom stereocenters. The molecule has 0 radical (unpaired) electrons. The van der Waals surface area contributed by atoms with Crippen molar-refractivity contribution >= 4 is 11.9 Å². The van der Waals surface area contributed by atoms with Gasteiger partial charge in [0.15, 0.2) is 0 Å². The molecule has 0 bridgehead atoms. The van der Waals surface area contributed by atoms with E-state index in [1.165, 1.54) is 0 Å². The third-order valence-corrected chi connectivity index (χ3v) is 5.12. The van der Waals surface area contributed by atoms with Gasteiger partial charge in [0.05, 0.1) is 11.8 Å². The van der Waals surface area contributed by atoms with E-state index in [-0.39, 0.29) is 11.8 Å². The quantitative estimate of drug-likeness (QED) is 0.758. The third kappa shape index (κ3) is 4.72. The van der Waals surface area contributed by atoms with Crippen molar-refractivity contribution in [3.8, 4) is 0 Å². The van der Waals surface area contributed by atoms with Gasteiger partial charge in [0, 0.05) is 6.54 Å². The Morgan fingerprint density at radius 3 is 2.05 bits per heavy atom. The van der Waals surface area contributed by atoms with Gasteiger partial charge in [0.25, 0.3) is 0 Å². The Morgan fingerprint density at radius 2 is 1.62 bits per heavy atom. The Kier molecular flexibility index (Phi) is 6.69. The van der Waals surface area contributed by atoms with Gasteiger partial charge in [0.1, 0.15) is 0 Å². The summed E-state index contributed by atoms with van der Waals surface area (Å²) in [5.74, 6) is 0.0625. The van der Waals surface area contributed by atoms with Gasteiger partial charge in [-0.25, -0.2) is 0 Å². The molecule has 0 heterocycles. The molecule has 1 rings (SSSR count). The summed E-state index contributed by atoms with van der Waals surface area (Å²) >= 11 is 0. The van der Waals surface area contributed by atoms with E-state index >= 15 is 0 Å². The van der Waals surface area contributed by atoms with E-state index < -0.39 is 11.9 Å². The number of hydrogen-bond acceptors (Lipinski definition) is 2. The lowest BCUT2D eigenvalue weighted by Crippen LogP contribution is -2.39. The Hall–Kier alpha value is -1.06. The molecule has 0 aromatic rings. The fraction of sp³-hybridized carbons (Fsp3) is 0.882. The van der Waals surface area contributed by atoms with Gasteiger partial charge < -0.3 is 10.4 Å². The number of carbonyl (C=O) groups is 2. The molecule has 0 aromatic heterocycles. The van der Waals surface area contributed by atoms with Gasteiger partial charge in [-0.1, -0.05) is 41.0 Å². The topological polar surface area (TPSA) is 66.4 Å². The van der Waals surface area contributed by atoms with Crippen LogP contribution < -0.4 is 5.32 Å². The zero-order valence-electron chi connectivity index (χ0n) is 14.1. The summed E-state index contributed by atoms with van der Waals surface area (Å²) in [5, 5.41) is 12.3. The zero-order valence-corrected chi connectivity index (χ0v) is 14.1.